The van der Waals surface area contributed by atoms with E-state index >= 15 is 0 Å². The predicted molar refractivity (Wildman–Crippen MR) is 55.6 cm³/mol. The fourth-order valence-corrected chi connectivity index (χ4v) is 1.52. The Labute approximate surface area is 98.5 Å². The van der Waals surface area contributed by atoms with Crippen molar-refractivity contribution >= 4 is 17.8 Å². The van der Waals surface area contributed by atoms with Gasteiger partial charge in [0, 0.05) is 0 Å². The quantitative estimate of drug-likeness (QED) is 0.389. The van der Waals surface area contributed by atoms with Crippen molar-refractivity contribution in [3.63, 3.8) is 0 Å². The number of hydroxylamine groups is 2. The van der Waals surface area contributed by atoms with Crippen molar-refractivity contribution in [3.05, 3.63) is 0 Å². The Morgan fingerprint density at radius 3 is 2.59 bits per heavy atom. The van der Waals surface area contributed by atoms with Crippen LogP contribution in [-0.2, 0) is 19.1 Å². The second-order valence-corrected chi connectivity index (χ2v) is 4.41. The monoisotopic (exact) mass is 244 g/mol. The number of imide groups is 1. The second kappa shape index (κ2) is 5.24. The molecule has 7 nitrogen and oxygen atoms in total. The van der Waals surface area contributed by atoms with Crippen molar-refractivity contribution in [2.24, 2.45) is 11.7 Å². The highest BCUT2D eigenvalue weighted by Crippen LogP contribution is 2.15. The SMILES string of the molecule is CC(C)CC(N)C(=O)OC1CC(=O)N(O)C1=O. The van der Waals surface area contributed by atoms with Crippen molar-refractivity contribution in [1.82, 2.24) is 5.06 Å². The Hall–Kier alpha value is -1.47. The molecule has 1 aliphatic rings. The van der Waals surface area contributed by atoms with Gasteiger partial charge in [0.25, 0.3) is 11.8 Å². The normalized spacial score (nSPS) is 22.2. The summed E-state index contributed by atoms with van der Waals surface area (Å²) in [6.07, 6.45) is -1.16. The number of esters is 1. The van der Waals surface area contributed by atoms with Crippen molar-refractivity contribution < 1.29 is 24.3 Å². The molecule has 96 valence electrons. The maximum Gasteiger partial charge on any atom is 0.323 e. The second-order valence-electron chi connectivity index (χ2n) is 4.41. The molecule has 7 heteroatoms. The van der Waals surface area contributed by atoms with Gasteiger partial charge in [0.1, 0.15) is 6.04 Å². The van der Waals surface area contributed by atoms with E-state index in [-0.39, 0.29) is 17.4 Å². The van der Waals surface area contributed by atoms with E-state index in [9.17, 15) is 14.4 Å². The van der Waals surface area contributed by atoms with Gasteiger partial charge >= 0.3 is 5.97 Å². The highest BCUT2D eigenvalue weighted by Gasteiger charge is 2.41. The van der Waals surface area contributed by atoms with Crippen LogP contribution >= 0.6 is 0 Å². The summed E-state index contributed by atoms with van der Waals surface area (Å²) >= 11 is 0. The Balaban J connectivity index is 2.52. The number of rotatable bonds is 4. The summed E-state index contributed by atoms with van der Waals surface area (Å²) in [6, 6.07) is -0.828. The molecule has 0 bridgehead atoms. The van der Waals surface area contributed by atoms with Crippen LogP contribution < -0.4 is 5.73 Å². The fourth-order valence-electron chi connectivity index (χ4n) is 1.52. The molecule has 1 fully saturated rings. The number of carbonyl (C=O) groups is 3. The summed E-state index contributed by atoms with van der Waals surface area (Å²) < 4.78 is 4.79. The lowest BCUT2D eigenvalue weighted by Crippen LogP contribution is -2.38. The van der Waals surface area contributed by atoms with Crippen molar-refractivity contribution in [3.8, 4) is 0 Å². The summed E-state index contributed by atoms with van der Waals surface area (Å²) in [7, 11) is 0. The van der Waals surface area contributed by atoms with E-state index in [2.05, 4.69) is 0 Å². The highest BCUT2D eigenvalue weighted by atomic mass is 16.6. The Morgan fingerprint density at radius 2 is 2.18 bits per heavy atom. The van der Waals surface area contributed by atoms with Gasteiger partial charge in [-0.1, -0.05) is 13.8 Å². The van der Waals surface area contributed by atoms with E-state index in [1.54, 1.807) is 0 Å². The predicted octanol–water partition coefficient (Wildman–Crippen LogP) is -0.580. The average Bonchev–Trinajstić information content (AvgIpc) is 2.45. The minimum Gasteiger partial charge on any atom is -0.450 e. The van der Waals surface area contributed by atoms with Crippen molar-refractivity contribution in [1.29, 1.82) is 0 Å². The summed E-state index contributed by atoms with van der Waals surface area (Å²) in [5, 5.41) is 8.91. The largest absolute Gasteiger partial charge is 0.450 e. The zero-order valence-corrected chi connectivity index (χ0v) is 9.75. The topological polar surface area (TPSA) is 110 Å². The number of nitrogens with two attached hydrogens (primary N) is 1. The number of hydrogen-bond acceptors (Lipinski definition) is 6. The smallest absolute Gasteiger partial charge is 0.323 e. The van der Waals surface area contributed by atoms with E-state index < -0.39 is 29.9 Å². The third-order valence-corrected chi connectivity index (χ3v) is 2.37. The summed E-state index contributed by atoms with van der Waals surface area (Å²) in [6.45, 7) is 3.79. The van der Waals surface area contributed by atoms with Gasteiger partial charge in [0.15, 0.2) is 6.10 Å². The zero-order chi connectivity index (χ0) is 13.2. The molecule has 1 heterocycles. The molecule has 2 unspecified atom stereocenters. The van der Waals surface area contributed by atoms with Crippen molar-refractivity contribution in [2.75, 3.05) is 0 Å². The lowest BCUT2D eigenvalue weighted by atomic mass is 10.0. The molecular formula is C10H16N2O5. The maximum absolute atomic E-state index is 11.5. The molecular weight excluding hydrogens is 228 g/mol. The van der Waals surface area contributed by atoms with E-state index in [1.807, 2.05) is 13.8 Å². The van der Waals surface area contributed by atoms with Gasteiger partial charge in [-0.15, -0.1) is 0 Å². The van der Waals surface area contributed by atoms with E-state index in [4.69, 9.17) is 15.7 Å². The molecule has 0 aromatic heterocycles. The third-order valence-electron chi connectivity index (χ3n) is 2.37. The first kappa shape index (κ1) is 13.6. The van der Waals surface area contributed by atoms with Crippen LogP contribution in [0.1, 0.15) is 26.7 Å². The lowest BCUT2D eigenvalue weighted by Gasteiger charge is -2.15. The van der Waals surface area contributed by atoms with Crippen LogP contribution in [0.3, 0.4) is 0 Å². The van der Waals surface area contributed by atoms with Crippen LogP contribution in [0.5, 0.6) is 0 Å². The summed E-state index contributed by atoms with van der Waals surface area (Å²) in [5.74, 6) is -2.24. The molecule has 2 atom stereocenters. The number of carbonyl (C=O) groups excluding carboxylic acids is 3. The molecule has 0 radical (unpaired) electrons. The molecule has 17 heavy (non-hydrogen) atoms. The molecule has 0 aromatic carbocycles. The Morgan fingerprint density at radius 1 is 1.59 bits per heavy atom. The molecule has 1 saturated heterocycles. The lowest BCUT2D eigenvalue weighted by molar-refractivity contribution is -0.176. The van der Waals surface area contributed by atoms with E-state index in [0.29, 0.717) is 6.42 Å². The molecule has 0 aliphatic carbocycles. The first-order valence-corrected chi connectivity index (χ1v) is 5.34. The first-order valence-electron chi connectivity index (χ1n) is 5.34. The number of hydrogen-bond donors (Lipinski definition) is 2. The Bertz CT molecular complexity index is 342. The van der Waals surface area contributed by atoms with E-state index in [1.165, 1.54) is 0 Å². The molecule has 2 amide bonds. The molecule has 1 rings (SSSR count). The fraction of sp³-hybridized carbons (Fsp3) is 0.700. The third kappa shape index (κ3) is 3.24. The highest BCUT2D eigenvalue weighted by molar-refractivity contribution is 6.04. The number of nitrogens with zero attached hydrogens (tertiary/aromatic N) is 1. The van der Waals surface area contributed by atoms with Crippen molar-refractivity contribution in [2.45, 2.75) is 38.8 Å². The summed E-state index contributed by atoms with van der Waals surface area (Å²) in [4.78, 5) is 33.7. The van der Waals surface area contributed by atoms with Gasteiger partial charge in [0.05, 0.1) is 6.42 Å². The van der Waals surface area contributed by atoms with Crippen LogP contribution in [0.4, 0.5) is 0 Å². The minimum absolute atomic E-state index is 0.0358. The standard InChI is InChI=1S/C10H16N2O5/c1-5(2)3-6(11)10(15)17-7-4-8(13)12(16)9(7)14/h5-7,16H,3-4,11H2,1-2H3. The van der Waals surface area contributed by atoms with Crippen LogP contribution in [0, 0.1) is 5.92 Å². The van der Waals surface area contributed by atoms with Crippen LogP contribution in [-0.4, -0.2) is 40.2 Å². The Kier molecular flexibility index (Phi) is 4.19. The molecule has 1 aliphatic heterocycles. The molecule has 0 aromatic rings. The van der Waals surface area contributed by atoms with Crippen LogP contribution in [0.2, 0.25) is 0 Å². The molecule has 0 saturated carbocycles. The number of ether oxygens (including phenoxy) is 1. The average molecular weight is 244 g/mol. The van der Waals surface area contributed by atoms with Gasteiger partial charge in [0.2, 0.25) is 0 Å². The van der Waals surface area contributed by atoms with Gasteiger partial charge in [-0.05, 0) is 12.3 Å². The molecule has 3 N–H and O–H groups in total. The van der Waals surface area contributed by atoms with Gasteiger partial charge in [-0.3, -0.25) is 19.6 Å². The van der Waals surface area contributed by atoms with Gasteiger partial charge in [-0.25, -0.2) is 0 Å². The minimum atomic E-state index is -1.25. The maximum atomic E-state index is 11.5. The number of amides is 2. The van der Waals surface area contributed by atoms with Crippen LogP contribution in [0.25, 0.3) is 0 Å². The zero-order valence-electron chi connectivity index (χ0n) is 9.75. The summed E-state index contributed by atoms with van der Waals surface area (Å²) in [5.41, 5.74) is 5.56. The van der Waals surface area contributed by atoms with Gasteiger partial charge < -0.3 is 10.5 Å². The van der Waals surface area contributed by atoms with E-state index in [0.717, 1.165) is 0 Å². The molecule has 0 spiro atoms. The first-order chi connectivity index (χ1) is 7.82. The van der Waals surface area contributed by atoms with Gasteiger partial charge in [-0.2, -0.15) is 5.06 Å². The van der Waals surface area contributed by atoms with Crippen LogP contribution in [0.15, 0.2) is 0 Å².